The van der Waals surface area contributed by atoms with Gasteiger partial charge in [0.25, 0.3) is 5.91 Å². The molecule has 0 saturated carbocycles. The summed E-state index contributed by atoms with van der Waals surface area (Å²) in [6, 6.07) is 3.36. The SMILES string of the molecule is CCCN1CCC[C@]2(CCN(C(=O)c3ccnc(-n4cnnn4)c3)C2)C1=O. The highest BCUT2D eigenvalue weighted by Crippen LogP contribution is 2.40. The minimum Gasteiger partial charge on any atom is -0.342 e. The third-order valence-corrected chi connectivity index (χ3v) is 5.53. The Morgan fingerprint density at radius 1 is 1.30 bits per heavy atom. The van der Waals surface area contributed by atoms with Crippen LogP contribution >= 0.6 is 0 Å². The minimum atomic E-state index is -0.408. The first-order valence-electron chi connectivity index (χ1n) is 9.41. The van der Waals surface area contributed by atoms with E-state index in [1.807, 2.05) is 4.90 Å². The van der Waals surface area contributed by atoms with Gasteiger partial charge in [0.2, 0.25) is 5.91 Å². The van der Waals surface area contributed by atoms with E-state index in [0.717, 1.165) is 38.8 Å². The summed E-state index contributed by atoms with van der Waals surface area (Å²) in [5, 5.41) is 11.0. The molecule has 2 saturated heterocycles. The summed E-state index contributed by atoms with van der Waals surface area (Å²) in [6.45, 7) is 4.82. The van der Waals surface area contributed by atoms with Crippen molar-refractivity contribution < 1.29 is 9.59 Å². The van der Waals surface area contributed by atoms with Crippen LogP contribution in [0.5, 0.6) is 0 Å². The van der Waals surface area contributed by atoms with Gasteiger partial charge in [-0.1, -0.05) is 6.92 Å². The number of rotatable bonds is 4. The summed E-state index contributed by atoms with van der Waals surface area (Å²) in [5.41, 5.74) is 0.121. The standard InChI is InChI=1S/C18H23N7O2/c1-2-8-23-9-3-5-18(17(23)27)6-10-24(12-18)16(26)14-4-7-19-15(11-14)25-13-20-21-22-25/h4,7,11,13H,2-3,5-6,8-10,12H2,1H3/t18-/m1/s1. The molecule has 0 aliphatic carbocycles. The molecule has 0 bridgehead atoms. The summed E-state index contributed by atoms with van der Waals surface area (Å²) >= 11 is 0. The molecule has 1 spiro atoms. The number of pyridine rings is 1. The van der Waals surface area contributed by atoms with Gasteiger partial charge in [-0.25, -0.2) is 4.98 Å². The van der Waals surface area contributed by atoms with Gasteiger partial charge in [-0.15, -0.1) is 5.10 Å². The predicted octanol–water partition coefficient (Wildman–Crippen LogP) is 0.922. The van der Waals surface area contributed by atoms with Gasteiger partial charge >= 0.3 is 0 Å². The zero-order chi connectivity index (χ0) is 18.9. The fraction of sp³-hybridized carbons (Fsp3) is 0.556. The molecule has 2 fully saturated rings. The van der Waals surface area contributed by atoms with E-state index in [1.165, 1.54) is 11.0 Å². The molecular weight excluding hydrogens is 346 g/mol. The molecule has 0 radical (unpaired) electrons. The average molecular weight is 369 g/mol. The number of hydrogen-bond acceptors (Lipinski definition) is 6. The molecule has 4 rings (SSSR count). The second kappa shape index (κ2) is 7.05. The van der Waals surface area contributed by atoms with Crippen LogP contribution in [0.1, 0.15) is 43.0 Å². The lowest BCUT2D eigenvalue weighted by atomic mass is 9.78. The van der Waals surface area contributed by atoms with Gasteiger partial charge in [-0.05, 0) is 48.2 Å². The molecule has 2 amide bonds. The smallest absolute Gasteiger partial charge is 0.254 e. The summed E-state index contributed by atoms with van der Waals surface area (Å²) in [5.74, 6) is 0.627. The number of carbonyl (C=O) groups excluding carboxylic acids is 2. The van der Waals surface area contributed by atoms with Crippen molar-refractivity contribution >= 4 is 11.8 Å². The molecule has 142 valence electrons. The maximum Gasteiger partial charge on any atom is 0.254 e. The molecular formula is C18H23N7O2. The molecule has 0 N–H and O–H groups in total. The Hall–Kier alpha value is -2.84. The second-order valence-corrected chi connectivity index (χ2v) is 7.31. The second-order valence-electron chi connectivity index (χ2n) is 7.31. The lowest BCUT2D eigenvalue weighted by Gasteiger charge is -2.39. The fourth-order valence-electron chi connectivity index (χ4n) is 4.19. The number of nitrogens with zero attached hydrogens (tertiary/aromatic N) is 7. The van der Waals surface area contributed by atoms with Crippen LogP contribution in [0.4, 0.5) is 0 Å². The Bertz CT molecular complexity index is 836. The maximum atomic E-state index is 13.0. The first kappa shape index (κ1) is 17.6. The van der Waals surface area contributed by atoms with Gasteiger partial charge in [-0.2, -0.15) is 4.68 Å². The first-order chi connectivity index (χ1) is 13.1. The first-order valence-corrected chi connectivity index (χ1v) is 9.41. The predicted molar refractivity (Wildman–Crippen MR) is 96.0 cm³/mol. The number of carbonyl (C=O) groups is 2. The zero-order valence-electron chi connectivity index (χ0n) is 15.4. The number of likely N-dealkylation sites (tertiary alicyclic amines) is 2. The third kappa shape index (κ3) is 3.17. The highest BCUT2D eigenvalue weighted by atomic mass is 16.2. The van der Waals surface area contributed by atoms with Gasteiger partial charge in [0.15, 0.2) is 5.82 Å². The van der Waals surface area contributed by atoms with E-state index in [0.29, 0.717) is 24.5 Å². The van der Waals surface area contributed by atoms with Crippen LogP contribution in [0.25, 0.3) is 5.82 Å². The van der Waals surface area contributed by atoms with Crippen molar-refractivity contribution in [1.82, 2.24) is 35.0 Å². The maximum absolute atomic E-state index is 13.0. The lowest BCUT2D eigenvalue weighted by Crippen LogP contribution is -2.50. The quantitative estimate of drug-likeness (QED) is 0.795. The van der Waals surface area contributed by atoms with E-state index in [1.54, 1.807) is 23.2 Å². The molecule has 0 aromatic carbocycles. The van der Waals surface area contributed by atoms with E-state index >= 15 is 0 Å². The van der Waals surface area contributed by atoms with Crippen LogP contribution in [0.3, 0.4) is 0 Å². The van der Waals surface area contributed by atoms with Gasteiger partial charge < -0.3 is 9.80 Å². The van der Waals surface area contributed by atoms with Crippen molar-refractivity contribution in [3.63, 3.8) is 0 Å². The van der Waals surface area contributed by atoms with Crippen molar-refractivity contribution in [3.8, 4) is 5.82 Å². The monoisotopic (exact) mass is 369 g/mol. The highest BCUT2D eigenvalue weighted by Gasteiger charge is 2.49. The molecule has 4 heterocycles. The van der Waals surface area contributed by atoms with Crippen molar-refractivity contribution in [1.29, 1.82) is 0 Å². The Balaban J connectivity index is 1.51. The van der Waals surface area contributed by atoms with Crippen LogP contribution in [-0.4, -0.2) is 73.0 Å². The number of amides is 2. The number of tetrazole rings is 1. The van der Waals surface area contributed by atoms with Crippen molar-refractivity contribution in [2.24, 2.45) is 5.41 Å². The van der Waals surface area contributed by atoms with E-state index in [9.17, 15) is 9.59 Å². The Labute approximate surface area is 157 Å². The van der Waals surface area contributed by atoms with Gasteiger partial charge in [0, 0.05) is 37.9 Å². The molecule has 27 heavy (non-hydrogen) atoms. The highest BCUT2D eigenvalue weighted by molar-refractivity contribution is 5.95. The molecule has 0 unspecified atom stereocenters. The number of aromatic nitrogens is 5. The molecule has 1 atom stereocenters. The minimum absolute atomic E-state index is 0.0796. The molecule has 9 nitrogen and oxygen atoms in total. The molecule has 2 aliphatic heterocycles. The van der Waals surface area contributed by atoms with Crippen molar-refractivity contribution in [2.45, 2.75) is 32.6 Å². The zero-order valence-corrected chi connectivity index (χ0v) is 15.4. The van der Waals surface area contributed by atoms with Crippen LogP contribution < -0.4 is 0 Å². The lowest BCUT2D eigenvalue weighted by molar-refractivity contribution is -0.145. The van der Waals surface area contributed by atoms with E-state index < -0.39 is 5.41 Å². The van der Waals surface area contributed by atoms with E-state index in [2.05, 4.69) is 27.4 Å². The topological polar surface area (TPSA) is 97.1 Å². The van der Waals surface area contributed by atoms with Crippen LogP contribution in [0.15, 0.2) is 24.7 Å². The summed E-state index contributed by atoms with van der Waals surface area (Å²) in [6.07, 6.45) is 6.58. The normalized spacial score (nSPS) is 22.6. The van der Waals surface area contributed by atoms with Crippen LogP contribution in [0.2, 0.25) is 0 Å². The largest absolute Gasteiger partial charge is 0.342 e. The molecule has 2 aromatic rings. The third-order valence-electron chi connectivity index (χ3n) is 5.53. The number of piperidine rings is 1. The van der Waals surface area contributed by atoms with E-state index in [-0.39, 0.29) is 11.8 Å². The molecule has 9 heteroatoms. The number of hydrogen-bond donors (Lipinski definition) is 0. The van der Waals surface area contributed by atoms with Gasteiger partial charge in [-0.3, -0.25) is 9.59 Å². The van der Waals surface area contributed by atoms with Crippen molar-refractivity contribution in [2.75, 3.05) is 26.2 Å². The molecule has 2 aromatic heterocycles. The summed E-state index contributed by atoms with van der Waals surface area (Å²) < 4.78 is 1.41. The van der Waals surface area contributed by atoms with Crippen LogP contribution in [-0.2, 0) is 4.79 Å². The fourth-order valence-corrected chi connectivity index (χ4v) is 4.19. The Kier molecular flexibility index (Phi) is 4.59. The summed E-state index contributed by atoms with van der Waals surface area (Å²) in [7, 11) is 0. The van der Waals surface area contributed by atoms with Gasteiger partial charge in [0.1, 0.15) is 6.33 Å². The molecule has 2 aliphatic rings. The Morgan fingerprint density at radius 2 is 2.19 bits per heavy atom. The van der Waals surface area contributed by atoms with Gasteiger partial charge in [0.05, 0.1) is 5.41 Å². The summed E-state index contributed by atoms with van der Waals surface area (Å²) in [4.78, 5) is 34.0. The average Bonchev–Trinajstić information content (AvgIpc) is 3.36. The Morgan fingerprint density at radius 3 is 2.96 bits per heavy atom. The van der Waals surface area contributed by atoms with E-state index in [4.69, 9.17) is 0 Å². The van der Waals surface area contributed by atoms with Crippen LogP contribution in [0, 0.1) is 5.41 Å². The van der Waals surface area contributed by atoms with Crippen molar-refractivity contribution in [3.05, 3.63) is 30.2 Å².